The smallest absolute Gasteiger partial charge is 0.254 e. The van der Waals surface area contributed by atoms with Gasteiger partial charge in [0.25, 0.3) is 5.91 Å². The molecule has 0 saturated carbocycles. The Morgan fingerprint density at radius 1 is 1.17 bits per heavy atom. The molecule has 0 aromatic heterocycles. The van der Waals surface area contributed by atoms with E-state index in [1.54, 1.807) is 6.07 Å². The van der Waals surface area contributed by atoms with Gasteiger partial charge >= 0.3 is 0 Å². The van der Waals surface area contributed by atoms with Crippen LogP contribution in [0.5, 0.6) is 0 Å². The Labute approximate surface area is 144 Å². The van der Waals surface area contributed by atoms with Crippen molar-refractivity contribution in [2.24, 2.45) is 0 Å². The molecule has 0 atom stereocenters. The molecule has 0 aliphatic rings. The lowest BCUT2D eigenvalue weighted by atomic mass is 10.2. The number of hydrogen-bond acceptors (Lipinski definition) is 2. The van der Waals surface area contributed by atoms with Crippen LogP contribution in [0.1, 0.15) is 23.2 Å². The number of nitrogens with one attached hydrogen (secondary N) is 1. The maximum absolute atomic E-state index is 13.7. The van der Waals surface area contributed by atoms with Crippen LogP contribution in [0.25, 0.3) is 0 Å². The van der Waals surface area contributed by atoms with E-state index in [2.05, 4.69) is 38.3 Å². The summed E-state index contributed by atoms with van der Waals surface area (Å²) in [7, 11) is 2.05. The van der Waals surface area contributed by atoms with Crippen molar-refractivity contribution in [3.8, 4) is 0 Å². The Morgan fingerprint density at radius 2 is 1.91 bits per heavy atom. The fourth-order valence-corrected chi connectivity index (χ4v) is 2.59. The Bertz CT molecular complexity index is 649. The average Bonchev–Trinajstić information content (AvgIpc) is 2.55. The lowest BCUT2D eigenvalue weighted by Crippen LogP contribution is -2.26. The zero-order valence-corrected chi connectivity index (χ0v) is 14.6. The average molecular weight is 379 g/mol. The largest absolute Gasteiger partial charge is 0.375 e. The van der Waals surface area contributed by atoms with Crippen LogP contribution in [0.2, 0.25) is 0 Å². The number of nitrogens with zero attached hydrogens (tertiary/aromatic N) is 1. The molecule has 0 unspecified atom stereocenters. The highest BCUT2D eigenvalue weighted by atomic mass is 79.9. The third-order valence-electron chi connectivity index (χ3n) is 3.58. The van der Waals surface area contributed by atoms with Gasteiger partial charge in [-0.05, 0) is 43.2 Å². The summed E-state index contributed by atoms with van der Waals surface area (Å²) in [6.45, 7) is 1.45. The Balaban J connectivity index is 1.70. The molecule has 0 fully saturated rings. The molecule has 0 radical (unpaired) electrons. The van der Waals surface area contributed by atoms with Gasteiger partial charge in [0.15, 0.2) is 0 Å². The van der Waals surface area contributed by atoms with E-state index in [0.717, 1.165) is 19.4 Å². The molecule has 5 heteroatoms. The predicted octanol–water partition coefficient (Wildman–Crippen LogP) is 4.23. The number of halogens is 2. The highest BCUT2D eigenvalue weighted by Crippen LogP contribution is 2.15. The maximum atomic E-state index is 13.7. The van der Waals surface area contributed by atoms with Crippen molar-refractivity contribution in [1.29, 1.82) is 0 Å². The standard InChI is InChI=1S/C18H20BrFN2O/c1-22(15-7-3-2-4-8-15)12-6-5-11-21-18(23)16-10-9-14(19)13-17(16)20/h2-4,7-10,13H,5-6,11-12H2,1H3,(H,21,23). The molecule has 2 aromatic rings. The van der Waals surface area contributed by atoms with Crippen LogP contribution < -0.4 is 10.2 Å². The monoisotopic (exact) mass is 378 g/mol. The summed E-state index contributed by atoms with van der Waals surface area (Å²) in [6.07, 6.45) is 1.80. The lowest BCUT2D eigenvalue weighted by Gasteiger charge is -2.19. The molecule has 0 saturated heterocycles. The first kappa shape index (κ1) is 17.5. The number of anilines is 1. The number of carbonyl (C=O) groups excluding carboxylic acids is 1. The summed E-state index contributed by atoms with van der Waals surface area (Å²) in [4.78, 5) is 14.1. The maximum Gasteiger partial charge on any atom is 0.254 e. The minimum absolute atomic E-state index is 0.0783. The van der Waals surface area contributed by atoms with Crippen LogP contribution >= 0.6 is 15.9 Å². The van der Waals surface area contributed by atoms with Gasteiger partial charge in [0.1, 0.15) is 5.82 Å². The van der Waals surface area contributed by atoms with Crippen molar-refractivity contribution in [1.82, 2.24) is 5.32 Å². The second-order valence-corrected chi connectivity index (χ2v) is 6.26. The normalized spacial score (nSPS) is 10.4. The molecule has 1 N–H and O–H groups in total. The molecule has 2 aromatic carbocycles. The first-order valence-electron chi connectivity index (χ1n) is 7.57. The number of amides is 1. The van der Waals surface area contributed by atoms with Gasteiger partial charge in [-0.2, -0.15) is 0 Å². The highest BCUT2D eigenvalue weighted by Gasteiger charge is 2.11. The molecule has 0 heterocycles. The zero-order valence-electron chi connectivity index (χ0n) is 13.1. The second-order valence-electron chi connectivity index (χ2n) is 5.34. The second kappa shape index (κ2) is 8.67. The van der Waals surface area contributed by atoms with Crippen molar-refractivity contribution in [3.63, 3.8) is 0 Å². The van der Waals surface area contributed by atoms with E-state index < -0.39 is 5.82 Å². The molecule has 1 amide bonds. The van der Waals surface area contributed by atoms with Crippen molar-refractivity contribution in [3.05, 3.63) is 64.4 Å². The summed E-state index contributed by atoms with van der Waals surface area (Å²) >= 11 is 3.17. The summed E-state index contributed by atoms with van der Waals surface area (Å²) in [5, 5.41) is 2.76. The molecule has 0 aliphatic heterocycles. The summed E-state index contributed by atoms with van der Waals surface area (Å²) in [5.41, 5.74) is 1.25. The van der Waals surface area contributed by atoms with E-state index in [1.165, 1.54) is 17.8 Å². The Morgan fingerprint density at radius 3 is 2.61 bits per heavy atom. The van der Waals surface area contributed by atoms with E-state index in [9.17, 15) is 9.18 Å². The van der Waals surface area contributed by atoms with E-state index in [-0.39, 0.29) is 11.5 Å². The molecule has 3 nitrogen and oxygen atoms in total. The first-order valence-corrected chi connectivity index (χ1v) is 8.36. The van der Waals surface area contributed by atoms with Gasteiger partial charge in [-0.1, -0.05) is 34.1 Å². The third kappa shape index (κ3) is 5.36. The fraction of sp³-hybridized carbons (Fsp3) is 0.278. The predicted molar refractivity (Wildman–Crippen MR) is 95.4 cm³/mol. The van der Waals surface area contributed by atoms with Crippen LogP contribution in [0.3, 0.4) is 0 Å². The third-order valence-corrected chi connectivity index (χ3v) is 4.07. The molecular weight excluding hydrogens is 359 g/mol. The van der Waals surface area contributed by atoms with Crippen LogP contribution in [-0.4, -0.2) is 26.0 Å². The minimum Gasteiger partial charge on any atom is -0.375 e. The van der Waals surface area contributed by atoms with Gasteiger partial charge in [0.2, 0.25) is 0 Å². The molecule has 122 valence electrons. The van der Waals surface area contributed by atoms with E-state index in [0.29, 0.717) is 11.0 Å². The van der Waals surface area contributed by atoms with Crippen LogP contribution in [-0.2, 0) is 0 Å². The molecule has 0 bridgehead atoms. The highest BCUT2D eigenvalue weighted by molar-refractivity contribution is 9.10. The van der Waals surface area contributed by atoms with Crippen molar-refractivity contribution < 1.29 is 9.18 Å². The number of hydrogen-bond donors (Lipinski definition) is 1. The number of para-hydroxylation sites is 1. The lowest BCUT2D eigenvalue weighted by molar-refractivity contribution is 0.0949. The molecule has 0 aliphatic carbocycles. The number of benzene rings is 2. The zero-order chi connectivity index (χ0) is 16.7. The van der Waals surface area contributed by atoms with Gasteiger partial charge in [0.05, 0.1) is 5.56 Å². The van der Waals surface area contributed by atoms with Crippen LogP contribution in [0.15, 0.2) is 53.0 Å². The van der Waals surface area contributed by atoms with Gasteiger partial charge in [-0.3, -0.25) is 4.79 Å². The van der Waals surface area contributed by atoms with Crippen LogP contribution in [0.4, 0.5) is 10.1 Å². The van der Waals surface area contributed by atoms with Gasteiger partial charge in [-0.25, -0.2) is 4.39 Å². The van der Waals surface area contributed by atoms with E-state index >= 15 is 0 Å². The quantitative estimate of drug-likeness (QED) is 0.730. The Kier molecular flexibility index (Phi) is 6.59. The Hall–Kier alpha value is -1.88. The van der Waals surface area contributed by atoms with Gasteiger partial charge in [0, 0.05) is 30.3 Å². The van der Waals surface area contributed by atoms with Crippen molar-refractivity contribution >= 4 is 27.5 Å². The molecule has 2 rings (SSSR count). The van der Waals surface area contributed by atoms with E-state index in [1.807, 2.05) is 25.2 Å². The first-order chi connectivity index (χ1) is 11.1. The molecular formula is C18H20BrFN2O. The van der Waals surface area contributed by atoms with Crippen molar-refractivity contribution in [2.45, 2.75) is 12.8 Å². The molecule has 23 heavy (non-hydrogen) atoms. The molecule has 0 spiro atoms. The summed E-state index contributed by atoms with van der Waals surface area (Å²) in [5.74, 6) is -0.882. The summed E-state index contributed by atoms with van der Waals surface area (Å²) in [6, 6.07) is 14.6. The SMILES string of the molecule is CN(CCCCNC(=O)c1ccc(Br)cc1F)c1ccccc1. The topological polar surface area (TPSA) is 32.3 Å². The summed E-state index contributed by atoms with van der Waals surface area (Å²) < 4.78 is 14.3. The van der Waals surface area contributed by atoms with E-state index in [4.69, 9.17) is 0 Å². The van der Waals surface area contributed by atoms with Gasteiger partial charge < -0.3 is 10.2 Å². The number of rotatable bonds is 7. The van der Waals surface area contributed by atoms with Crippen molar-refractivity contribution in [2.75, 3.05) is 25.0 Å². The fourth-order valence-electron chi connectivity index (χ4n) is 2.26. The number of unbranched alkanes of at least 4 members (excludes halogenated alkanes) is 1. The van der Waals surface area contributed by atoms with Gasteiger partial charge in [-0.15, -0.1) is 0 Å². The minimum atomic E-state index is -0.513. The van der Waals surface area contributed by atoms with Crippen LogP contribution in [0, 0.1) is 5.82 Å². The number of carbonyl (C=O) groups is 1.